The quantitative estimate of drug-likeness (QED) is 0.761. The summed E-state index contributed by atoms with van der Waals surface area (Å²) in [7, 11) is 1.85. The first-order valence-corrected chi connectivity index (χ1v) is 7.68. The molecule has 1 aromatic heterocycles. The number of likely N-dealkylation sites (N-methyl/N-ethyl adjacent to an activating group) is 1. The number of hydrogen-bond donors (Lipinski definition) is 2. The van der Waals surface area contributed by atoms with Gasteiger partial charge in [0.25, 0.3) is 5.91 Å². The van der Waals surface area contributed by atoms with E-state index in [9.17, 15) is 9.59 Å². The molecule has 5 nitrogen and oxygen atoms in total. The fourth-order valence-corrected chi connectivity index (χ4v) is 3.34. The zero-order valence-electron chi connectivity index (χ0n) is 12.8. The molecule has 3 aromatic rings. The number of H-pyrrole nitrogens is 2. The van der Waals surface area contributed by atoms with Crippen molar-refractivity contribution in [1.82, 2.24) is 14.9 Å². The number of fused-ring (bicyclic) bond motifs is 2. The molecular weight excluding hydrogens is 290 g/mol. The molecule has 116 valence electrons. The first kappa shape index (κ1) is 13.8. The van der Waals surface area contributed by atoms with Crippen LogP contribution in [0.3, 0.4) is 0 Å². The minimum absolute atomic E-state index is 0.0215. The second-order valence-electron chi connectivity index (χ2n) is 6.09. The molecule has 4 rings (SSSR count). The molecule has 1 aliphatic rings. The average Bonchev–Trinajstić information content (AvgIpc) is 3.14. The van der Waals surface area contributed by atoms with E-state index >= 15 is 0 Å². The highest BCUT2D eigenvalue weighted by molar-refractivity contribution is 5.97. The van der Waals surface area contributed by atoms with Crippen LogP contribution in [0.15, 0.2) is 47.3 Å². The van der Waals surface area contributed by atoms with E-state index in [4.69, 9.17) is 0 Å². The highest BCUT2D eigenvalue weighted by atomic mass is 16.2. The van der Waals surface area contributed by atoms with Crippen LogP contribution >= 0.6 is 0 Å². The van der Waals surface area contributed by atoms with Crippen LogP contribution in [0.5, 0.6) is 0 Å². The highest BCUT2D eigenvalue weighted by Gasteiger charge is 2.27. The van der Waals surface area contributed by atoms with Gasteiger partial charge < -0.3 is 14.9 Å². The smallest absolute Gasteiger partial charge is 0.323 e. The summed E-state index contributed by atoms with van der Waals surface area (Å²) in [6.07, 6.45) is 1.78. The van der Waals surface area contributed by atoms with Crippen molar-refractivity contribution in [2.45, 2.75) is 18.9 Å². The third-order valence-corrected chi connectivity index (χ3v) is 4.66. The number of benzene rings is 2. The van der Waals surface area contributed by atoms with Gasteiger partial charge in [0.2, 0.25) is 0 Å². The summed E-state index contributed by atoms with van der Waals surface area (Å²) in [5.74, 6) is -0.0215. The number of carbonyl (C=O) groups is 1. The third-order valence-electron chi connectivity index (χ3n) is 4.66. The summed E-state index contributed by atoms with van der Waals surface area (Å²) in [4.78, 5) is 31.3. The van der Waals surface area contributed by atoms with Gasteiger partial charge in [0.05, 0.1) is 11.0 Å². The Morgan fingerprint density at radius 2 is 1.70 bits per heavy atom. The van der Waals surface area contributed by atoms with Crippen LogP contribution in [0.25, 0.3) is 11.0 Å². The standard InChI is InChI=1S/C18H17N3O2/c1-21(14-8-11-4-2-3-5-12(11)9-14)17(22)13-6-7-15-16(10-13)20-18(23)19-15/h2-7,10,14H,8-9H2,1H3,(H2,19,20,23). The Balaban J connectivity index is 1.59. The zero-order chi connectivity index (χ0) is 16.0. The summed E-state index contributed by atoms with van der Waals surface area (Å²) in [5, 5.41) is 0. The molecule has 0 spiro atoms. The lowest BCUT2D eigenvalue weighted by molar-refractivity contribution is 0.0738. The number of aromatic nitrogens is 2. The maximum Gasteiger partial charge on any atom is 0.323 e. The monoisotopic (exact) mass is 307 g/mol. The predicted molar refractivity (Wildman–Crippen MR) is 88.7 cm³/mol. The summed E-state index contributed by atoms with van der Waals surface area (Å²) in [5.41, 5.74) is 4.34. The van der Waals surface area contributed by atoms with Gasteiger partial charge in [0, 0.05) is 18.7 Å². The second-order valence-corrected chi connectivity index (χ2v) is 6.09. The Kier molecular flexibility index (Phi) is 3.08. The molecule has 0 saturated heterocycles. The number of amides is 1. The van der Waals surface area contributed by atoms with Crippen molar-refractivity contribution in [1.29, 1.82) is 0 Å². The molecule has 1 aliphatic carbocycles. The summed E-state index contributed by atoms with van der Waals surface area (Å²) < 4.78 is 0. The maximum absolute atomic E-state index is 12.8. The molecular formula is C18H17N3O2. The number of nitrogens with one attached hydrogen (secondary N) is 2. The molecule has 0 saturated carbocycles. The first-order chi connectivity index (χ1) is 11.1. The Morgan fingerprint density at radius 3 is 2.39 bits per heavy atom. The molecule has 0 bridgehead atoms. The van der Waals surface area contributed by atoms with E-state index in [-0.39, 0.29) is 17.6 Å². The minimum atomic E-state index is -0.260. The average molecular weight is 307 g/mol. The molecule has 0 aliphatic heterocycles. The fraction of sp³-hybridized carbons (Fsp3) is 0.222. The fourth-order valence-electron chi connectivity index (χ4n) is 3.34. The van der Waals surface area contributed by atoms with Crippen LogP contribution in [-0.4, -0.2) is 33.9 Å². The van der Waals surface area contributed by atoms with Gasteiger partial charge >= 0.3 is 5.69 Å². The van der Waals surface area contributed by atoms with Gasteiger partial charge in [-0.05, 0) is 42.2 Å². The summed E-state index contributed by atoms with van der Waals surface area (Å²) in [6, 6.07) is 13.8. The van der Waals surface area contributed by atoms with Crippen molar-refractivity contribution >= 4 is 16.9 Å². The Labute approximate surface area is 133 Å². The van der Waals surface area contributed by atoms with Gasteiger partial charge in [-0.25, -0.2) is 4.79 Å². The minimum Gasteiger partial charge on any atom is -0.338 e. The van der Waals surface area contributed by atoms with Crippen LogP contribution in [-0.2, 0) is 12.8 Å². The Hall–Kier alpha value is -2.82. The SMILES string of the molecule is CN(C(=O)c1ccc2[nH]c(=O)[nH]c2c1)C1Cc2ccccc2C1. The molecule has 1 amide bonds. The zero-order valence-corrected chi connectivity index (χ0v) is 12.8. The number of imidazole rings is 1. The van der Waals surface area contributed by atoms with Gasteiger partial charge in [-0.15, -0.1) is 0 Å². The van der Waals surface area contributed by atoms with E-state index in [2.05, 4.69) is 22.1 Å². The van der Waals surface area contributed by atoms with Gasteiger partial charge in [-0.3, -0.25) is 4.79 Å². The Bertz CT molecular complexity index is 929. The van der Waals surface area contributed by atoms with Crippen molar-refractivity contribution in [3.8, 4) is 0 Å². The molecule has 2 N–H and O–H groups in total. The molecule has 1 heterocycles. The van der Waals surface area contributed by atoms with Gasteiger partial charge in [-0.1, -0.05) is 24.3 Å². The number of nitrogens with zero attached hydrogens (tertiary/aromatic N) is 1. The summed E-state index contributed by atoms with van der Waals surface area (Å²) in [6.45, 7) is 0. The molecule has 0 atom stereocenters. The van der Waals surface area contributed by atoms with Gasteiger partial charge in [-0.2, -0.15) is 0 Å². The topological polar surface area (TPSA) is 69.0 Å². The second kappa shape index (κ2) is 5.12. The number of rotatable bonds is 2. The highest BCUT2D eigenvalue weighted by Crippen LogP contribution is 2.25. The van der Waals surface area contributed by atoms with Gasteiger partial charge in [0.15, 0.2) is 0 Å². The third kappa shape index (κ3) is 2.34. The molecule has 0 fully saturated rings. The van der Waals surface area contributed by atoms with E-state index in [1.807, 2.05) is 24.1 Å². The van der Waals surface area contributed by atoms with Crippen molar-refractivity contribution in [2.24, 2.45) is 0 Å². The van der Waals surface area contributed by atoms with E-state index in [0.717, 1.165) is 12.8 Å². The molecule has 23 heavy (non-hydrogen) atoms. The van der Waals surface area contributed by atoms with Crippen molar-refractivity contribution in [3.63, 3.8) is 0 Å². The van der Waals surface area contributed by atoms with E-state index < -0.39 is 0 Å². The number of carbonyl (C=O) groups excluding carboxylic acids is 1. The van der Waals surface area contributed by atoms with Crippen LogP contribution < -0.4 is 5.69 Å². The maximum atomic E-state index is 12.8. The molecule has 0 unspecified atom stereocenters. The first-order valence-electron chi connectivity index (χ1n) is 7.68. The van der Waals surface area contributed by atoms with Crippen LogP contribution in [0, 0.1) is 0 Å². The van der Waals surface area contributed by atoms with Crippen molar-refractivity contribution < 1.29 is 4.79 Å². The van der Waals surface area contributed by atoms with Crippen LogP contribution in [0.4, 0.5) is 0 Å². The van der Waals surface area contributed by atoms with E-state index in [1.165, 1.54) is 11.1 Å². The molecule has 2 aromatic carbocycles. The lowest BCUT2D eigenvalue weighted by atomic mass is 10.1. The molecule has 0 radical (unpaired) electrons. The normalized spacial score (nSPS) is 14.1. The predicted octanol–water partition coefficient (Wildman–Crippen LogP) is 2.10. The van der Waals surface area contributed by atoms with E-state index in [1.54, 1.807) is 18.2 Å². The Morgan fingerprint density at radius 1 is 1.04 bits per heavy atom. The lowest BCUT2D eigenvalue weighted by Gasteiger charge is -2.24. The van der Waals surface area contributed by atoms with Crippen molar-refractivity contribution in [3.05, 3.63) is 69.6 Å². The lowest BCUT2D eigenvalue weighted by Crippen LogP contribution is -2.37. The number of aromatic amines is 2. The largest absolute Gasteiger partial charge is 0.338 e. The number of hydrogen-bond acceptors (Lipinski definition) is 2. The van der Waals surface area contributed by atoms with Gasteiger partial charge in [0.1, 0.15) is 0 Å². The molecule has 5 heteroatoms. The van der Waals surface area contributed by atoms with Crippen molar-refractivity contribution in [2.75, 3.05) is 7.05 Å². The summed E-state index contributed by atoms with van der Waals surface area (Å²) >= 11 is 0. The van der Waals surface area contributed by atoms with Crippen LogP contribution in [0.2, 0.25) is 0 Å². The van der Waals surface area contributed by atoms with E-state index in [0.29, 0.717) is 16.6 Å². The van der Waals surface area contributed by atoms with Crippen LogP contribution in [0.1, 0.15) is 21.5 Å².